The predicted octanol–water partition coefficient (Wildman–Crippen LogP) is 3.87. The summed E-state index contributed by atoms with van der Waals surface area (Å²) in [7, 11) is 2.04. The Morgan fingerprint density at radius 3 is 2.59 bits per heavy atom. The van der Waals surface area contributed by atoms with Crippen molar-refractivity contribution in [2.75, 3.05) is 11.4 Å². The molecule has 1 spiro atoms. The first-order chi connectivity index (χ1) is 14.0. The van der Waals surface area contributed by atoms with Crippen LogP contribution >= 0.6 is 0 Å². The Labute approximate surface area is 170 Å². The van der Waals surface area contributed by atoms with Gasteiger partial charge in [-0.05, 0) is 43.4 Å². The van der Waals surface area contributed by atoms with E-state index < -0.39 is 0 Å². The summed E-state index contributed by atoms with van der Waals surface area (Å²) in [4.78, 5) is 19.4. The van der Waals surface area contributed by atoms with Crippen molar-refractivity contribution in [2.45, 2.75) is 51.0 Å². The van der Waals surface area contributed by atoms with Crippen molar-refractivity contribution in [1.29, 1.82) is 0 Å². The average molecular weight is 387 g/mol. The van der Waals surface area contributed by atoms with E-state index in [0.29, 0.717) is 6.42 Å². The van der Waals surface area contributed by atoms with Crippen LogP contribution in [0.5, 0.6) is 5.75 Å². The molecule has 5 heteroatoms. The summed E-state index contributed by atoms with van der Waals surface area (Å²) in [6.07, 6.45) is 5.36. The van der Waals surface area contributed by atoms with Crippen molar-refractivity contribution in [3.05, 3.63) is 52.8 Å². The quantitative estimate of drug-likeness (QED) is 0.637. The minimum atomic E-state index is -0.192. The summed E-state index contributed by atoms with van der Waals surface area (Å²) in [5.41, 5.74) is 6.78. The number of benzene rings is 2. The molecule has 0 unspecified atom stereocenters. The fraction of sp³-hybridized carbons (Fsp3) is 0.417. The second-order valence-corrected chi connectivity index (χ2v) is 8.85. The molecule has 1 fully saturated rings. The highest BCUT2D eigenvalue weighted by Gasteiger charge is 2.44. The number of anilines is 1. The third kappa shape index (κ3) is 2.39. The number of imidazole rings is 1. The third-order valence-electron chi connectivity index (χ3n) is 7.09. The number of nitrogens with zero attached hydrogens (tertiary/aromatic N) is 3. The van der Waals surface area contributed by atoms with Crippen LogP contribution in [0.25, 0.3) is 11.0 Å². The van der Waals surface area contributed by atoms with Gasteiger partial charge in [0.05, 0.1) is 11.2 Å². The SMILES string of the molecule is Cc1nc2c3c(c(N4CCCC4=O)cc2n1C)CCC1(Cc2ccccc2C1)O3. The van der Waals surface area contributed by atoms with Gasteiger partial charge in [-0.2, -0.15) is 0 Å². The third-order valence-corrected chi connectivity index (χ3v) is 7.09. The Hall–Kier alpha value is -2.82. The highest BCUT2D eigenvalue weighted by atomic mass is 16.5. The maximum absolute atomic E-state index is 12.5. The number of amides is 1. The molecule has 0 N–H and O–H groups in total. The fourth-order valence-corrected chi connectivity index (χ4v) is 5.46. The Morgan fingerprint density at radius 1 is 1.14 bits per heavy atom. The first-order valence-electron chi connectivity index (χ1n) is 10.6. The van der Waals surface area contributed by atoms with Gasteiger partial charge < -0.3 is 14.2 Å². The van der Waals surface area contributed by atoms with Gasteiger partial charge in [-0.3, -0.25) is 4.79 Å². The second kappa shape index (κ2) is 5.85. The highest BCUT2D eigenvalue weighted by molar-refractivity contribution is 6.00. The molecule has 148 valence electrons. The molecule has 3 aliphatic rings. The largest absolute Gasteiger partial charge is 0.484 e. The highest BCUT2D eigenvalue weighted by Crippen LogP contribution is 2.48. The molecular weight excluding hydrogens is 362 g/mol. The van der Waals surface area contributed by atoms with Gasteiger partial charge in [0.25, 0.3) is 0 Å². The Bertz CT molecular complexity index is 1150. The number of hydrogen-bond donors (Lipinski definition) is 0. The molecule has 1 aliphatic carbocycles. The summed E-state index contributed by atoms with van der Waals surface area (Å²) in [6.45, 7) is 2.82. The fourth-order valence-electron chi connectivity index (χ4n) is 5.46. The molecule has 0 radical (unpaired) electrons. The molecule has 0 bridgehead atoms. The molecule has 1 aromatic heterocycles. The molecule has 1 amide bonds. The number of hydrogen-bond acceptors (Lipinski definition) is 3. The van der Waals surface area contributed by atoms with Gasteiger partial charge in [0.1, 0.15) is 16.9 Å². The summed E-state index contributed by atoms with van der Waals surface area (Å²) in [5.74, 6) is 2.09. The molecule has 0 saturated carbocycles. The van der Waals surface area contributed by atoms with Crippen molar-refractivity contribution in [3.63, 3.8) is 0 Å². The first kappa shape index (κ1) is 17.1. The topological polar surface area (TPSA) is 47.4 Å². The van der Waals surface area contributed by atoms with Crippen LogP contribution in [0.4, 0.5) is 5.69 Å². The van der Waals surface area contributed by atoms with Crippen molar-refractivity contribution in [3.8, 4) is 5.75 Å². The van der Waals surface area contributed by atoms with Crippen LogP contribution in [0.3, 0.4) is 0 Å². The van der Waals surface area contributed by atoms with E-state index in [-0.39, 0.29) is 11.5 Å². The monoisotopic (exact) mass is 387 g/mol. The average Bonchev–Trinajstić information content (AvgIpc) is 3.37. The smallest absolute Gasteiger partial charge is 0.227 e. The molecule has 2 aromatic carbocycles. The summed E-state index contributed by atoms with van der Waals surface area (Å²) in [5, 5.41) is 0. The van der Waals surface area contributed by atoms with E-state index in [2.05, 4.69) is 34.9 Å². The van der Waals surface area contributed by atoms with E-state index in [9.17, 15) is 4.79 Å². The minimum Gasteiger partial charge on any atom is -0.484 e. The summed E-state index contributed by atoms with van der Waals surface area (Å²) >= 11 is 0. The van der Waals surface area contributed by atoms with Gasteiger partial charge in [0, 0.05) is 38.4 Å². The van der Waals surface area contributed by atoms with E-state index in [1.807, 2.05) is 18.9 Å². The number of aryl methyl sites for hydroxylation is 2. The Balaban J connectivity index is 1.52. The van der Waals surface area contributed by atoms with Gasteiger partial charge in [0.2, 0.25) is 5.91 Å². The van der Waals surface area contributed by atoms with Crippen LogP contribution in [-0.4, -0.2) is 27.6 Å². The second-order valence-electron chi connectivity index (χ2n) is 8.85. The molecule has 6 rings (SSSR count). The number of carbonyl (C=O) groups is 1. The van der Waals surface area contributed by atoms with Crippen molar-refractivity contribution >= 4 is 22.6 Å². The first-order valence-corrected chi connectivity index (χ1v) is 10.6. The number of rotatable bonds is 1. The zero-order valence-electron chi connectivity index (χ0n) is 17.0. The Morgan fingerprint density at radius 2 is 1.90 bits per heavy atom. The predicted molar refractivity (Wildman–Crippen MR) is 113 cm³/mol. The van der Waals surface area contributed by atoms with E-state index in [4.69, 9.17) is 9.72 Å². The van der Waals surface area contributed by atoms with Crippen LogP contribution < -0.4 is 9.64 Å². The molecule has 2 aliphatic heterocycles. The maximum Gasteiger partial charge on any atom is 0.227 e. The minimum absolute atomic E-state index is 0.192. The van der Waals surface area contributed by atoms with E-state index in [1.165, 1.54) is 11.1 Å². The summed E-state index contributed by atoms with van der Waals surface area (Å²) in [6, 6.07) is 10.8. The van der Waals surface area contributed by atoms with Crippen LogP contribution in [0, 0.1) is 6.92 Å². The normalized spacial score (nSPS) is 19.7. The Kier molecular flexibility index (Phi) is 3.44. The van der Waals surface area contributed by atoms with Gasteiger partial charge in [-0.15, -0.1) is 0 Å². The van der Waals surface area contributed by atoms with E-state index in [0.717, 1.165) is 72.5 Å². The lowest BCUT2D eigenvalue weighted by atomic mass is 9.87. The van der Waals surface area contributed by atoms with E-state index >= 15 is 0 Å². The summed E-state index contributed by atoms with van der Waals surface area (Å²) < 4.78 is 8.97. The lowest BCUT2D eigenvalue weighted by molar-refractivity contribution is -0.117. The lowest BCUT2D eigenvalue weighted by Gasteiger charge is -2.37. The van der Waals surface area contributed by atoms with Crippen molar-refractivity contribution < 1.29 is 9.53 Å². The zero-order chi connectivity index (χ0) is 19.8. The standard InChI is InChI=1S/C24H25N3O2/c1-15-25-22-20(26(15)2)12-19(27-11-5-8-21(27)28)18-9-10-24(29-23(18)22)13-16-6-3-4-7-17(16)14-24/h3-4,6-7,12H,5,8-11,13-14H2,1-2H3. The number of fused-ring (bicyclic) bond motifs is 4. The van der Waals surface area contributed by atoms with E-state index in [1.54, 1.807) is 0 Å². The molecule has 3 heterocycles. The molecular formula is C24H25N3O2. The lowest BCUT2D eigenvalue weighted by Crippen LogP contribution is -2.41. The molecule has 3 aromatic rings. The van der Waals surface area contributed by atoms with Crippen LogP contribution in [-0.2, 0) is 31.1 Å². The number of ether oxygens (including phenoxy) is 1. The van der Waals surface area contributed by atoms with Gasteiger partial charge in [0.15, 0.2) is 5.75 Å². The number of carbonyl (C=O) groups excluding carboxylic acids is 1. The van der Waals surface area contributed by atoms with Crippen molar-refractivity contribution in [1.82, 2.24) is 9.55 Å². The van der Waals surface area contributed by atoms with Crippen LogP contribution in [0.1, 0.15) is 41.8 Å². The molecule has 5 nitrogen and oxygen atoms in total. The van der Waals surface area contributed by atoms with Gasteiger partial charge in [-0.1, -0.05) is 24.3 Å². The molecule has 29 heavy (non-hydrogen) atoms. The van der Waals surface area contributed by atoms with Gasteiger partial charge >= 0.3 is 0 Å². The van der Waals surface area contributed by atoms with Crippen LogP contribution in [0.15, 0.2) is 30.3 Å². The van der Waals surface area contributed by atoms with Gasteiger partial charge in [-0.25, -0.2) is 4.98 Å². The maximum atomic E-state index is 12.5. The number of aromatic nitrogens is 2. The van der Waals surface area contributed by atoms with Crippen molar-refractivity contribution in [2.24, 2.45) is 7.05 Å². The zero-order valence-corrected chi connectivity index (χ0v) is 17.0. The van der Waals surface area contributed by atoms with Crippen LogP contribution in [0.2, 0.25) is 0 Å². The molecule has 1 saturated heterocycles. The molecule has 0 atom stereocenters.